The first-order valence-electron chi connectivity index (χ1n) is 16.0. The number of carbonyl (C=O) groups is 2. The molecule has 18 heteroatoms. The van der Waals surface area contributed by atoms with E-state index >= 15 is 0 Å². The summed E-state index contributed by atoms with van der Waals surface area (Å²) in [5, 5.41) is 8.37. The van der Waals surface area contributed by atoms with Gasteiger partial charge in [-0.25, -0.2) is 23.4 Å². The molecule has 0 aromatic heterocycles. The number of rotatable bonds is 7. The molecule has 4 aliphatic heterocycles. The number of morpholine rings is 2. The van der Waals surface area contributed by atoms with Gasteiger partial charge in [-0.05, 0) is 60.8 Å². The Morgan fingerprint density at radius 1 is 0.882 bits per heavy atom. The van der Waals surface area contributed by atoms with Crippen LogP contribution >= 0.6 is 24.4 Å². The van der Waals surface area contributed by atoms with Crippen LogP contribution in [0.4, 0.5) is 41.1 Å². The summed E-state index contributed by atoms with van der Waals surface area (Å²) in [7, 11) is 3.30. The maximum atomic E-state index is 14.5. The van der Waals surface area contributed by atoms with Gasteiger partial charge in [0.15, 0.2) is 5.11 Å². The quantitative estimate of drug-likeness (QED) is 0.281. The number of hydrogen-bond donors (Lipinski definition) is 3. The van der Waals surface area contributed by atoms with Gasteiger partial charge in [-0.1, -0.05) is 7.43 Å². The summed E-state index contributed by atoms with van der Waals surface area (Å²) in [6.07, 6.45) is -1.65. The van der Waals surface area contributed by atoms with Crippen LogP contribution in [0.3, 0.4) is 0 Å². The Morgan fingerprint density at radius 3 is 1.69 bits per heavy atom. The van der Waals surface area contributed by atoms with E-state index in [4.69, 9.17) is 36.9 Å². The normalized spacial score (nSPS) is 19.6. The van der Waals surface area contributed by atoms with E-state index in [0.29, 0.717) is 100 Å². The number of amides is 2. The fourth-order valence-electron chi connectivity index (χ4n) is 5.44. The van der Waals surface area contributed by atoms with E-state index in [2.05, 4.69) is 33.0 Å². The van der Waals surface area contributed by atoms with Crippen LogP contribution < -0.4 is 36.0 Å². The van der Waals surface area contributed by atoms with Crippen molar-refractivity contribution in [1.82, 2.24) is 10.6 Å². The SMILES string of the molecule is C.CN=C=S.CNC(=S)NCC1CN(c2ccc(N3CCOCC3)c(F)c2)C(=O)O1.NCC1CN(c2ccc(N3CCOCC3)c(F)c2)C(=O)O1. The summed E-state index contributed by atoms with van der Waals surface area (Å²) in [5.74, 6) is -0.705. The van der Waals surface area contributed by atoms with Crippen molar-refractivity contribution in [3.8, 4) is 0 Å². The molecule has 2 aromatic carbocycles. The Morgan fingerprint density at radius 2 is 1.31 bits per heavy atom. The molecule has 0 bridgehead atoms. The second kappa shape index (κ2) is 20.6. The Balaban J connectivity index is 0.000000248. The molecule has 0 radical (unpaired) electrons. The topological polar surface area (TPSA) is 146 Å². The minimum atomic E-state index is -0.485. The van der Waals surface area contributed by atoms with Crippen LogP contribution in [0.5, 0.6) is 0 Å². The van der Waals surface area contributed by atoms with E-state index in [1.165, 1.54) is 21.9 Å². The van der Waals surface area contributed by atoms with Crippen molar-refractivity contribution < 1.29 is 37.3 Å². The summed E-state index contributed by atoms with van der Waals surface area (Å²) in [4.78, 5) is 33.8. The molecule has 51 heavy (non-hydrogen) atoms. The van der Waals surface area contributed by atoms with Gasteiger partial charge in [0.2, 0.25) is 0 Å². The molecule has 2 unspecified atom stereocenters. The fraction of sp³-hybridized carbons (Fsp3) is 0.515. The van der Waals surface area contributed by atoms with Crippen molar-refractivity contribution in [1.29, 1.82) is 0 Å². The van der Waals surface area contributed by atoms with Crippen molar-refractivity contribution >= 4 is 69.6 Å². The summed E-state index contributed by atoms with van der Waals surface area (Å²) in [6.45, 7) is 6.35. The van der Waals surface area contributed by atoms with Crippen molar-refractivity contribution in [3.05, 3.63) is 48.0 Å². The monoisotopic (exact) mass is 752 g/mol. The molecular formula is C33H46F2N8O6S2. The number of halogens is 2. The Labute approximate surface area is 307 Å². The van der Waals surface area contributed by atoms with E-state index in [9.17, 15) is 18.4 Å². The summed E-state index contributed by atoms with van der Waals surface area (Å²) in [6, 6.07) is 9.60. The molecule has 2 amide bonds. The standard InChI is InChI=1S/C16H21FN4O3S.C14H18FN3O3.C2H3NS.CH4/c1-18-15(25)19-9-12-10-21(16(22)24-12)11-2-3-14(13(17)8-11)20-4-6-23-7-5-20;15-12-7-10(18-9-11(8-16)21-14(18)19)1-2-13(12)17-3-5-20-6-4-17;1-3-2-4;/h2-3,8,12H,4-7,9-10H2,1H3,(H2,18,19,25);1-2,7,11H,3-6,8-9,16H2;1H3;1H4. The van der Waals surface area contributed by atoms with Crippen LogP contribution in [0, 0.1) is 11.6 Å². The summed E-state index contributed by atoms with van der Waals surface area (Å²) < 4.78 is 49.7. The molecule has 2 atom stereocenters. The van der Waals surface area contributed by atoms with Gasteiger partial charge in [0, 0.05) is 46.8 Å². The molecule has 280 valence electrons. The maximum absolute atomic E-state index is 14.5. The first-order valence-corrected chi connectivity index (χ1v) is 16.8. The van der Waals surface area contributed by atoms with Gasteiger partial charge in [0.05, 0.1) is 74.0 Å². The zero-order valence-electron chi connectivity index (χ0n) is 27.9. The highest BCUT2D eigenvalue weighted by Crippen LogP contribution is 2.29. The number of cyclic esters (lactones) is 2. The lowest BCUT2D eigenvalue weighted by Crippen LogP contribution is -2.39. The lowest BCUT2D eigenvalue weighted by Gasteiger charge is -2.29. The van der Waals surface area contributed by atoms with Crippen LogP contribution in [0.25, 0.3) is 0 Å². The zero-order chi connectivity index (χ0) is 36.0. The van der Waals surface area contributed by atoms with E-state index < -0.39 is 12.2 Å². The second-order valence-corrected chi connectivity index (χ2v) is 11.8. The number of nitrogens with two attached hydrogens (primary N) is 1. The Hall–Kier alpha value is -4.19. The second-order valence-electron chi connectivity index (χ2n) is 11.2. The lowest BCUT2D eigenvalue weighted by molar-refractivity contribution is 0.122. The van der Waals surface area contributed by atoms with Crippen molar-refractivity contribution in [2.24, 2.45) is 10.7 Å². The van der Waals surface area contributed by atoms with Crippen LogP contribution in [-0.4, -0.2) is 128 Å². The Bertz CT molecular complexity index is 1530. The van der Waals surface area contributed by atoms with E-state index in [1.807, 2.05) is 9.80 Å². The number of nitrogens with zero attached hydrogens (tertiary/aromatic N) is 5. The molecule has 0 spiro atoms. The molecular weight excluding hydrogens is 707 g/mol. The van der Waals surface area contributed by atoms with Crippen molar-refractivity contribution in [3.63, 3.8) is 0 Å². The smallest absolute Gasteiger partial charge is 0.414 e. The first-order chi connectivity index (χ1) is 24.2. The molecule has 4 aliphatic rings. The molecule has 6 rings (SSSR count). The number of carbonyl (C=O) groups excluding carboxylic acids is 2. The highest BCUT2D eigenvalue weighted by atomic mass is 32.1. The van der Waals surface area contributed by atoms with Gasteiger partial charge in [-0.2, -0.15) is 0 Å². The van der Waals surface area contributed by atoms with E-state index in [0.717, 1.165) is 0 Å². The van der Waals surface area contributed by atoms with Gasteiger partial charge >= 0.3 is 12.2 Å². The number of hydrogen-bond acceptors (Lipinski definition) is 12. The molecule has 0 saturated carbocycles. The largest absolute Gasteiger partial charge is 0.443 e. The molecule has 4 saturated heterocycles. The number of anilines is 4. The van der Waals surface area contributed by atoms with Crippen LogP contribution in [0.1, 0.15) is 7.43 Å². The van der Waals surface area contributed by atoms with Gasteiger partial charge in [0.1, 0.15) is 23.8 Å². The number of benzene rings is 2. The number of nitrogens with one attached hydrogen (secondary N) is 2. The van der Waals surface area contributed by atoms with E-state index in [-0.39, 0.29) is 37.8 Å². The lowest BCUT2D eigenvalue weighted by atomic mass is 10.2. The maximum Gasteiger partial charge on any atom is 0.414 e. The Kier molecular flexibility index (Phi) is 16.7. The average Bonchev–Trinajstić information content (AvgIpc) is 3.72. The number of isothiocyanates is 1. The van der Waals surface area contributed by atoms with Crippen molar-refractivity contribution in [2.75, 3.05) is 112 Å². The zero-order valence-corrected chi connectivity index (χ0v) is 29.6. The number of ether oxygens (including phenoxy) is 4. The van der Waals surface area contributed by atoms with Crippen LogP contribution in [-0.2, 0) is 18.9 Å². The van der Waals surface area contributed by atoms with Gasteiger partial charge in [-0.3, -0.25) is 9.80 Å². The van der Waals surface area contributed by atoms with Crippen molar-refractivity contribution in [2.45, 2.75) is 19.6 Å². The molecule has 0 aliphatic carbocycles. The minimum absolute atomic E-state index is 0. The van der Waals surface area contributed by atoms with Gasteiger partial charge in [0.25, 0.3) is 0 Å². The minimum Gasteiger partial charge on any atom is -0.443 e. The highest BCUT2D eigenvalue weighted by molar-refractivity contribution is 7.80. The van der Waals surface area contributed by atoms with Crippen LogP contribution in [0.2, 0.25) is 0 Å². The molecule has 14 nitrogen and oxygen atoms in total. The third kappa shape index (κ3) is 11.4. The summed E-state index contributed by atoms with van der Waals surface area (Å²) in [5.41, 5.74) is 7.52. The van der Waals surface area contributed by atoms with Gasteiger partial charge < -0.3 is 45.1 Å². The number of thiocarbonyl (C=S) groups is 2. The predicted molar refractivity (Wildman–Crippen MR) is 200 cm³/mol. The van der Waals surface area contributed by atoms with Crippen LogP contribution in [0.15, 0.2) is 41.4 Å². The highest BCUT2D eigenvalue weighted by Gasteiger charge is 2.34. The molecule has 4 heterocycles. The first kappa shape index (κ1) is 41.2. The molecule has 4 fully saturated rings. The number of aliphatic imine (C=N–C) groups is 1. The molecule has 4 N–H and O–H groups in total. The summed E-state index contributed by atoms with van der Waals surface area (Å²) >= 11 is 9.13. The third-order valence-electron chi connectivity index (χ3n) is 8.01. The average molecular weight is 753 g/mol. The van der Waals surface area contributed by atoms with E-state index in [1.54, 1.807) is 38.4 Å². The predicted octanol–water partition coefficient (Wildman–Crippen LogP) is 3.38. The van der Waals surface area contributed by atoms with Gasteiger partial charge in [-0.15, -0.1) is 0 Å². The third-order valence-corrected chi connectivity index (χ3v) is 8.54. The fourth-order valence-corrected chi connectivity index (χ4v) is 5.52. The molecule has 2 aromatic rings.